The first kappa shape index (κ1) is 15.1. The number of nitrogens with zero attached hydrogens (tertiary/aromatic N) is 1. The molecular weight excluding hydrogens is 302 g/mol. The molecule has 1 aliphatic carbocycles. The van der Waals surface area contributed by atoms with Crippen molar-refractivity contribution in [3.05, 3.63) is 30.3 Å². The molecule has 1 aliphatic rings. The third-order valence-electron chi connectivity index (χ3n) is 3.85. The second-order valence-electron chi connectivity index (χ2n) is 5.41. The highest BCUT2D eigenvalue weighted by Crippen LogP contribution is 2.40. The quantitative estimate of drug-likeness (QED) is 0.840. The molecule has 1 fully saturated rings. The van der Waals surface area contributed by atoms with Crippen LogP contribution in [0.25, 0.3) is 10.9 Å². The van der Waals surface area contributed by atoms with Gasteiger partial charge in [0.1, 0.15) is 5.75 Å². The van der Waals surface area contributed by atoms with E-state index < -0.39 is 24.1 Å². The molecule has 7 nitrogen and oxygen atoms in total. The van der Waals surface area contributed by atoms with Gasteiger partial charge in [-0.25, -0.2) is 14.6 Å². The molecule has 0 radical (unpaired) electrons. The van der Waals surface area contributed by atoms with Crippen molar-refractivity contribution < 1.29 is 29.3 Å². The van der Waals surface area contributed by atoms with Crippen LogP contribution in [0.4, 0.5) is 0 Å². The summed E-state index contributed by atoms with van der Waals surface area (Å²) >= 11 is 0. The van der Waals surface area contributed by atoms with Gasteiger partial charge in [0.2, 0.25) is 11.5 Å². The summed E-state index contributed by atoms with van der Waals surface area (Å²) in [6.07, 6.45) is 1.66. The Labute approximate surface area is 131 Å². The van der Waals surface area contributed by atoms with Gasteiger partial charge in [0.15, 0.2) is 6.61 Å². The summed E-state index contributed by atoms with van der Waals surface area (Å²) in [5.74, 6) is -1.71. The minimum atomic E-state index is -1.23. The number of rotatable bonds is 6. The van der Waals surface area contributed by atoms with Crippen molar-refractivity contribution in [3.63, 3.8) is 0 Å². The van der Waals surface area contributed by atoms with Gasteiger partial charge in [0.05, 0.1) is 5.52 Å². The lowest BCUT2D eigenvalue weighted by Gasteiger charge is -2.37. The van der Waals surface area contributed by atoms with E-state index in [4.69, 9.17) is 14.6 Å². The maximum absolute atomic E-state index is 11.5. The third-order valence-corrected chi connectivity index (χ3v) is 3.85. The van der Waals surface area contributed by atoms with Gasteiger partial charge < -0.3 is 19.7 Å². The predicted molar refractivity (Wildman–Crippen MR) is 79.7 cm³/mol. The lowest BCUT2D eigenvalue weighted by atomic mass is 9.80. The lowest BCUT2D eigenvalue weighted by Crippen LogP contribution is -2.50. The summed E-state index contributed by atoms with van der Waals surface area (Å²) in [7, 11) is 0. The van der Waals surface area contributed by atoms with E-state index in [1.165, 1.54) is 6.07 Å². The van der Waals surface area contributed by atoms with Crippen LogP contribution in [0.1, 0.15) is 19.3 Å². The highest BCUT2D eigenvalue weighted by molar-refractivity contribution is 5.87. The number of hydrogen-bond donors (Lipinski definition) is 2. The van der Waals surface area contributed by atoms with Crippen LogP contribution in [0.15, 0.2) is 30.3 Å². The molecule has 0 spiro atoms. The zero-order valence-electron chi connectivity index (χ0n) is 12.2. The van der Waals surface area contributed by atoms with E-state index in [1.54, 1.807) is 24.3 Å². The van der Waals surface area contributed by atoms with Crippen molar-refractivity contribution in [2.75, 3.05) is 6.61 Å². The van der Waals surface area contributed by atoms with Crippen LogP contribution in [0, 0.1) is 0 Å². The van der Waals surface area contributed by atoms with Crippen LogP contribution in [0.5, 0.6) is 11.6 Å². The number of carboxylic acid groups (broad SMARTS) is 2. The molecule has 2 aromatic rings. The fourth-order valence-electron chi connectivity index (χ4n) is 2.48. The largest absolute Gasteiger partial charge is 0.479 e. The van der Waals surface area contributed by atoms with Gasteiger partial charge in [0, 0.05) is 11.5 Å². The number of pyridine rings is 1. The van der Waals surface area contributed by atoms with Crippen molar-refractivity contribution in [1.82, 2.24) is 4.98 Å². The Balaban J connectivity index is 1.99. The van der Waals surface area contributed by atoms with Crippen LogP contribution in [0.2, 0.25) is 0 Å². The summed E-state index contributed by atoms with van der Waals surface area (Å²) in [6, 6.07) is 8.50. The number of ether oxygens (including phenoxy) is 2. The number of para-hydroxylation sites is 1. The van der Waals surface area contributed by atoms with E-state index in [2.05, 4.69) is 4.98 Å². The average Bonchev–Trinajstić information content (AvgIpc) is 2.48. The third kappa shape index (κ3) is 2.90. The molecule has 23 heavy (non-hydrogen) atoms. The molecule has 0 saturated heterocycles. The Morgan fingerprint density at radius 2 is 1.96 bits per heavy atom. The first-order valence-electron chi connectivity index (χ1n) is 7.17. The number of carboxylic acids is 2. The van der Waals surface area contributed by atoms with E-state index in [-0.39, 0.29) is 5.88 Å². The van der Waals surface area contributed by atoms with Gasteiger partial charge in [0.25, 0.3) is 0 Å². The minimum Gasteiger partial charge on any atom is -0.479 e. The van der Waals surface area contributed by atoms with Gasteiger partial charge in [-0.3, -0.25) is 0 Å². The average molecular weight is 317 g/mol. The molecule has 2 N–H and O–H groups in total. The number of hydrogen-bond acceptors (Lipinski definition) is 5. The Kier molecular flexibility index (Phi) is 3.77. The minimum absolute atomic E-state index is 0.0842. The maximum atomic E-state index is 11.5. The van der Waals surface area contributed by atoms with E-state index in [9.17, 15) is 14.7 Å². The van der Waals surface area contributed by atoms with E-state index >= 15 is 0 Å². The number of aliphatic carboxylic acids is 2. The normalized spacial score (nSPS) is 15.7. The van der Waals surface area contributed by atoms with Gasteiger partial charge >= 0.3 is 11.9 Å². The van der Waals surface area contributed by atoms with E-state index in [1.807, 2.05) is 0 Å². The monoisotopic (exact) mass is 317 g/mol. The van der Waals surface area contributed by atoms with E-state index in [0.717, 1.165) is 6.42 Å². The molecule has 0 aliphatic heterocycles. The van der Waals surface area contributed by atoms with Gasteiger partial charge in [-0.15, -0.1) is 0 Å². The maximum Gasteiger partial charge on any atom is 0.348 e. The lowest BCUT2D eigenvalue weighted by molar-refractivity contribution is -0.163. The molecule has 120 valence electrons. The highest BCUT2D eigenvalue weighted by atomic mass is 16.5. The summed E-state index contributed by atoms with van der Waals surface area (Å²) < 4.78 is 10.9. The predicted octanol–water partition coefficient (Wildman–Crippen LogP) is 2.08. The Morgan fingerprint density at radius 3 is 2.57 bits per heavy atom. The van der Waals surface area contributed by atoms with Gasteiger partial charge in [-0.2, -0.15) is 0 Å². The fraction of sp³-hybridized carbons (Fsp3) is 0.312. The first-order chi connectivity index (χ1) is 11.0. The van der Waals surface area contributed by atoms with Crippen molar-refractivity contribution in [2.45, 2.75) is 24.9 Å². The molecule has 1 aromatic carbocycles. The number of carbonyl (C=O) groups is 2. The Bertz CT molecular complexity index is 768. The van der Waals surface area contributed by atoms with E-state index in [0.29, 0.717) is 29.5 Å². The van der Waals surface area contributed by atoms with Crippen LogP contribution in [-0.4, -0.2) is 39.3 Å². The van der Waals surface area contributed by atoms with Crippen LogP contribution in [0.3, 0.4) is 0 Å². The second kappa shape index (κ2) is 5.75. The molecule has 1 saturated carbocycles. The van der Waals surface area contributed by atoms with Crippen LogP contribution >= 0.6 is 0 Å². The van der Waals surface area contributed by atoms with Crippen LogP contribution < -0.4 is 9.47 Å². The Hall–Kier alpha value is -2.83. The number of aromatic nitrogens is 1. The topological polar surface area (TPSA) is 106 Å². The molecule has 3 rings (SSSR count). The molecule has 1 heterocycles. The SMILES string of the molecule is O=C(O)COc1cc(OC2(C(=O)O)CCC2)c2ccccc2n1. The smallest absolute Gasteiger partial charge is 0.348 e. The summed E-state index contributed by atoms with van der Waals surface area (Å²) in [5, 5.41) is 18.8. The van der Waals surface area contributed by atoms with Crippen molar-refractivity contribution >= 4 is 22.8 Å². The molecule has 0 amide bonds. The Morgan fingerprint density at radius 1 is 1.22 bits per heavy atom. The molecule has 0 bridgehead atoms. The van der Waals surface area contributed by atoms with Crippen molar-refractivity contribution in [3.8, 4) is 11.6 Å². The van der Waals surface area contributed by atoms with Crippen molar-refractivity contribution in [2.24, 2.45) is 0 Å². The summed E-state index contributed by atoms with van der Waals surface area (Å²) in [6.45, 7) is -0.533. The molecule has 0 unspecified atom stereocenters. The second-order valence-corrected chi connectivity index (χ2v) is 5.41. The molecule has 7 heteroatoms. The zero-order chi connectivity index (χ0) is 16.4. The highest BCUT2D eigenvalue weighted by Gasteiger charge is 2.47. The fourth-order valence-corrected chi connectivity index (χ4v) is 2.48. The summed E-state index contributed by atoms with van der Waals surface area (Å²) in [5.41, 5.74) is -0.681. The van der Waals surface area contributed by atoms with Crippen molar-refractivity contribution in [1.29, 1.82) is 0 Å². The standard InChI is InChI=1S/C16H15NO6/c18-14(19)9-22-13-8-12(10-4-1-2-5-11(10)17-13)23-16(15(20)21)6-3-7-16/h1-2,4-5,8H,3,6-7,9H2,(H,18,19)(H,20,21). The number of fused-ring (bicyclic) bond motifs is 1. The molecular formula is C16H15NO6. The zero-order valence-corrected chi connectivity index (χ0v) is 12.2. The van der Waals surface area contributed by atoms with Gasteiger partial charge in [-0.1, -0.05) is 12.1 Å². The first-order valence-corrected chi connectivity index (χ1v) is 7.17. The van der Waals surface area contributed by atoms with Crippen LogP contribution in [-0.2, 0) is 9.59 Å². The molecule has 1 aromatic heterocycles. The molecule has 0 atom stereocenters. The summed E-state index contributed by atoms with van der Waals surface area (Å²) in [4.78, 5) is 26.3. The van der Waals surface area contributed by atoms with Gasteiger partial charge in [-0.05, 0) is 31.4 Å². The number of benzene rings is 1.